The Morgan fingerprint density at radius 1 is 1.29 bits per heavy atom. The number of aryl methyl sites for hydroxylation is 1. The minimum Gasteiger partial charge on any atom is -0.475 e. The Hall–Kier alpha value is -2.69. The molecular formula is C20H28F3N5O3. The Balaban J connectivity index is 0.000000423. The number of anilines is 1. The van der Waals surface area contributed by atoms with Crippen LogP contribution in [0.25, 0.3) is 0 Å². The first-order valence-corrected chi connectivity index (χ1v) is 9.93. The number of alkyl halides is 3. The smallest absolute Gasteiger partial charge is 0.475 e. The molecule has 0 saturated carbocycles. The van der Waals surface area contributed by atoms with Crippen LogP contribution in [0.15, 0.2) is 25.0 Å². The fourth-order valence-electron chi connectivity index (χ4n) is 3.81. The molecule has 2 saturated heterocycles. The number of aliphatic carboxylic acids is 1. The number of carboxylic acids is 1. The van der Waals surface area contributed by atoms with Gasteiger partial charge < -0.3 is 14.9 Å². The van der Waals surface area contributed by atoms with Crippen molar-refractivity contribution >= 4 is 17.8 Å². The van der Waals surface area contributed by atoms with Crippen LogP contribution in [0.1, 0.15) is 25.8 Å². The predicted molar refractivity (Wildman–Crippen MR) is 109 cm³/mol. The number of carboxylic acid groups (broad SMARTS) is 1. The second-order valence-electron chi connectivity index (χ2n) is 7.89. The van der Waals surface area contributed by atoms with Crippen molar-refractivity contribution in [3.63, 3.8) is 0 Å². The number of carbonyl (C=O) groups excluding carboxylic acids is 1. The SMILES string of the molecule is C=CCN1CCN(C(C)C)C(=O)C12CCN(c1ncc(C)cn1)C2.O=C(O)C(F)(F)F. The maximum atomic E-state index is 13.3. The molecule has 31 heavy (non-hydrogen) atoms. The number of aromatic nitrogens is 2. The Labute approximate surface area is 179 Å². The van der Waals surface area contributed by atoms with Crippen molar-refractivity contribution in [1.29, 1.82) is 0 Å². The Kier molecular flexibility index (Phi) is 7.63. The molecule has 8 nitrogen and oxygen atoms in total. The van der Waals surface area contributed by atoms with Crippen molar-refractivity contribution in [3.05, 3.63) is 30.6 Å². The number of hydrogen-bond acceptors (Lipinski definition) is 6. The van der Waals surface area contributed by atoms with E-state index in [0.717, 1.165) is 38.2 Å². The molecule has 0 bridgehead atoms. The van der Waals surface area contributed by atoms with E-state index in [-0.39, 0.29) is 11.9 Å². The molecule has 1 atom stereocenters. The summed E-state index contributed by atoms with van der Waals surface area (Å²) in [5, 5.41) is 7.12. The van der Waals surface area contributed by atoms with Crippen LogP contribution in [-0.4, -0.2) is 87.2 Å². The van der Waals surface area contributed by atoms with Crippen LogP contribution in [0.2, 0.25) is 0 Å². The van der Waals surface area contributed by atoms with Crippen LogP contribution in [0.3, 0.4) is 0 Å². The van der Waals surface area contributed by atoms with Crippen LogP contribution < -0.4 is 4.90 Å². The summed E-state index contributed by atoms with van der Waals surface area (Å²) in [5.41, 5.74) is 0.561. The maximum Gasteiger partial charge on any atom is 0.490 e. The van der Waals surface area contributed by atoms with Gasteiger partial charge in [0.05, 0.1) is 0 Å². The topological polar surface area (TPSA) is 89.9 Å². The first-order chi connectivity index (χ1) is 14.4. The third kappa shape index (κ3) is 5.52. The summed E-state index contributed by atoms with van der Waals surface area (Å²) in [4.78, 5) is 37.5. The first kappa shape index (κ1) is 24.6. The zero-order chi connectivity index (χ0) is 23.4. The molecule has 2 aliphatic heterocycles. The number of halogens is 3. The summed E-state index contributed by atoms with van der Waals surface area (Å²) >= 11 is 0. The Morgan fingerprint density at radius 2 is 1.87 bits per heavy atom. The summed E-state index contributed by atoms with van der Waals surface area (Å²) in [6.45, 7) is 13.9. The fraction of sp³-hybridized carbons (Fsp3) is 0.600. The molecule has 11 heteroatoms. The number of amides is 1. The van der Waals surface area contributed by atoms with Gasteiger partial charge in [0.25, 0.3) is 0 Å². The number of nitrogens with zero attached hydrogens (tertiary/aromatic N) is 5. The van der Waals surface area contributed by atoms with Gasteiger partial charge in [0, 0.05) is 51.2 Å². The molecule has 3 rings (SSSR count). The third-order valence-corrected chi connectivity index (χ3v) is 5.39. The molecular weight excluding hydrogens is 415 g/mol. The summed E-state index contributed by atoms with van der Waals surface area (Å²) in [5.74, 6) is -1.81. The van der Waals surface area contributed by atoms with E-state index in [1.165, 1.54) is 0 Å². The van der Waals surface area contributed by atoms with Gasteiger partial charge in [-0.2, -0.15) is 13.2 Å². The number of piperazine rings is 1. The molecule has 0 radical (unpaired) electrons. The van der Waals surface area contributed by atoms with E-state index in [1.807, 2.05) is 30.3 Å². The van der Waals surface area contributed by atoms with E-state index in [9.17, 15) is 18.0 Å². The van der Waals surface area contributed by atoms with Gasteiger partial charge in [-0.25, -0.2) is 14.8 Å². The first-order valence-electron chi connectivity index (χ1n) is 9.93. The van der Waals surface area contributed by atoms with Gasteiger partial charge in [0.15, 0.2) is 0 Å². The zero-order valence-corrected chi connectivity index (χ0v) is 17.9. The van der Waals surface area contributed by atoms with Gasteiger partial charge in [0.2, 0.25) is 11.9 Å². The molecule has 1 aromatic rings. The molecule has 1 amide bonds. The van der Waals surface area contributed by atoms with E-state index in [4.69, 9.17) is 9.90 Å². The highest BCUT2D eigenvalue weighted by Crippen LogP contribution is 2.35. The fourth-order valence-corrected chi connectivity index (χ4v) is 3.81. The van der Waals surface area contributed by atoms with Gasteiger partial charge in [-0.15, -0.1) is 6.58 Å². The van der Waals surface area contributed by atoms with Gasteiger partial charge >= 0.3 is 12.1 Å². The zero-order valence-electron chi connectivity index (χ0n) is 17.9. The molecule has 1 spiro atoms. The third-order valence-electron chi connectivity index (χ3n) is 5.39. The molecule has 3 heterocycles. The molecule has 0 aliphatic carbocycles. The molecule has 2 aliphatic rings. The van der Waals surface area contributed by atoms with Crippen LogP contribution in [0, 0.1) is 6.92 Å². The second-order valence-corrected chi connectivity index (χ2v) is 7.89. The molecule has 1 N–H and O–H groups in total. The van der Waals surface area contributed by atoms with Crippen LogP contribution in [-0.2, 0) is 9.59 Å². The highest BCUT2D eigenvalue weighted by Gasteiger charge is 2.53. The lowest BCUT2D eigenvalue weighted by atomic mass is 9.90. The van der Waals surface area contributed by atoms with Crippen molar-refractivity contribution in [2.45, 2.75) is 44.9 Å². The lowest BCUT2D eigenvalue weighted by Crippen LogP contribution is -2.68. The van der Waals surface area contributed by atoms with E-state index in [1.54, 1.807) is 0 Å². The summed E-state index contributed by atoms with van der Waals surface area (Å²) in [7, 11) is 0. The lowest BCUT2D eigenvalue weighted by Gasteiger charge is -2.48. The van der Waals surface area contributed by atoms with E-state index in [0.29, 0.717) is 12.5 Å². The minimum atomic E-state index is -5.08. The van der Waals surface area contributed by atoms with Gasteiger partial charge in [-0.3, -0.25) is 9.69 Å². The predicted octanol–water partition coefficient (Wildman–Crippen LogP) is 2.11. The van der Waals surface area contributed by atoms with Crippen molar-refractivity contribution in [3.8, 4) is 0 Å². The van der Waals surface area contributed by atoms with Gasteiger partial charge in [-0.05, 0) is 32.8 Å². The minimum absolute atomic E-state index is 0.227. The van der Waals surface area contributed by atoms with Crippen molar-refractivity contribution < 1.29 is 27.9 Å². The van der Waals surface area contributed by atoms with Crippen molar-refractivity contribution in [2.75, 3.05) is 37.6 Å². The average molecular weight is 443 g/mol. The highest BCUT2D eigenvalue weighted by molar-refractivity contribution is 5.89. The van der Waals surface area contributed by atoms with Crippen LogP contribution in [0.4, 0.5) is 19.1 Å². The Bertz CT molecular complexity index is 800. The van der Waals surface area contributed by atoms with Crippen LogP contribution >= 0.6 is 0 Å². The molecule has 0 aromatic carbocycles. The Morgan fingerprint density at radius 3 is 2.35 bits per heavy atom. The monoisotopic (exact) mass is 443 g/mol. The number of rotatable bonds is 4. The van der Waals surface area contributed by atoms with Gasteiger partial charge in [0.1, 0.15) is 5.54 Å². The second kappa shape index (κ2) is 9.63. The summed E-state index contributed by atoms with van der Waals surface area (Å²) < 4.78 is 31.7. The quantitative estimate of drug-likeness (QED) is 0.713. The molecule has 1 unspecified atom stereocenters. The number of hydrogen-bond donors (Lipinski definition) is 1. The van der Waals surface area contributed by atoms with Crippen LogP contribution in [0.5, 0.6) is 0 Å². The van der Waals surface area contributed by atoms with E-state index < -0.39 is 17.7 Å². The van der Waals surface area contributed by atoms with Crippen molar-refractivity contribution in [2.24, 2.45) is 0 Å². The van der Waals surface area contributed by atoms with Crippen molar-refractivity contribution in [1.82, 2.24) is 19.8 Å². The standard InChI is InChI=1S/C18H27N5O.C2HF3O2/c1-5-7-22-9-10-23(14(2)3)16(24)18(22)6-8-21(13-18)17-19-11-15(4)12-20-17;3-2(4,5)1(6)7/h5,11-12,14H,1,6-10,13H2,2-4H3;(H,6,7). The normalized spacial score (nSPS) is 22.0. The largest absolute Gasteiger partial charge is 0.490 e. The lowest BCUT2D eigenvalue weighted by molar-refractivity contribution is -0.192. The molecule has 1 aromatic heterocycles. The van der Waals surface area contributed by atoms with Gasteiger partial charge in [-0.1, -0.05) is 6.08 Å². The molecule has 2 fully saturated rings. The van der Waals surface area contributed by atoms with E-state index >= 15 is 0 Å². The highest BCUT2D eigenvalue weighted by atomic mass is 19.4. The summed E-state index contributed by atoms with van der Waals surface area (Å²) in [6.07, 6.45) is 1.28. The summed E-state index contributed by atoms with van der Waals surface area (Å²) in [6, 6.07) is 0.227. The average Bonchev–Trinajstić information content (AvgIpc) is 3.12. The maximum absolute atomic E-state index is 13.3. The molecule has 172 valence electrons. The van der Waals surface area contributed by atoms with E-state index in [2.05, 4.69) is 40.2 Å². The number of carbonyl (C=O) groups is 2.